The van der Waals surface area contributed by atoms with Crippen LogP contribution in [-0.2, 0) is 10.2 Å². The van der Waals surface area contributed by atoms with E-state index in [1.807, 2.05) is 0 Å². The highest BCUT2D eigenvalue weighted by atomic mass is 16.4. The van der Waals surface area contributed by atoms with Gasteiger partial charge in [0.2, 0.25) is 0 Å². The Morgan fingerprint density at radius 1 is 1.11 bits per heavy atom. The second-order valence-electron chi connectivity index (χ2n) is 5.85. The molecule has 3 nitrogen and oxygen atoms in total. The van der Waals surface area contributed by atoms with Crippen LogP contribution in [0.2, 0.25) is 0 Å². The molecule has 0 spiro atoms. The maximum atomic E-state index is 12.2. The normalized spacial score (nSPS) is 16.5. The molecule has 1 fully saturated rings. The van der Waals surface area contributed by atoms with Crippen molar-refractivity contribution in [2.75, 3.05) is 0 Å². The third kappa shape index (κ3) is 2.70. The van der Waals surface area contributed by atoms with Crippen LogP contribution in [0, 0.1) is 5.92 Å². The number of benzene rings is 1. The Hall–Kier alpha value is -1.64. The lowest BCUT2D eigenvalue weighted by Gasteiger charge is -2.20. The first-order valence-electron chi connectivity index (χ1n) is 6.81. The molecule has 0 radical (unpaired) electrons. The van der Waals surface area contributed by atoms with Crippen LogP contribution in [0.4, 0.5) is 0 Å². The molecule has 0 bridgehead atoms. The number of Topliss-reactive ketones (excluding diaryl/α,β-unsaturated/α-hetero) is 1. The van der Waals surface area contributed by atoms with E-state index in [2.05, 4.69) is 0 Å². The van der Waals surface area contributed by atoms with Crippen LogP contribution in [-0.4, -0.2) is 16.9 Å². The number of carbonyl (C=O) groups excluding carboxylic acids is 1. The van der Waals surface area contributed by atoms with Gasteiger partial charge >= 0.3 is 5.97 Å². The van der Waals surface area contributed by atoms with Crippen molar-refractivity contribution in [2.45, 2.75) is 44.9 Å². The molecule has 1 saturated carbocycles. The molecule has 0 aromatic heterocycles. The van der Waals surface area contributed by atoms with Gasteiger partial charge in [-0.05, 0) is 32.3 Å². The van der Waals surface area contributed by atoms with Crippen molar-refractivity contribution in [3.8, 4) is 0 Å². The zero-order valence-corrected chi connectivity index (χ0v) is 11.5. The van der Waals surface area contributed by atoms with Crippen molar-refractivity contribution in [1.29, 1.82) is 0 Å². The van der Waals surface area contributed by atoms with Crippen molar-refractivity contribution >= 4 is 11.8 Å². The van der Waals surface area contributed by atoms with Gasteiger partial charge in [-0.25, -0.2) is 0 Å². The first-order chi connectivity index (χ1) is 8.93. The predicted octanol–water partition coefficient (Wildman–Crippen LogP) is 3.42. The van der Waals surface area contributed by atoms with Crippen molar-refractivity contribution in [3.05, 3.63) is 35.4 Å². The van der Waals surface area contributed by atoms with E-state index in [1.54, 1.807) is 38.1 Å². The first-order valence-corrected chi connectivity index (χ1v) is 6.81. The Morgan fingerprint density at radius 2 is 1.63 bits per heavy atom. The molecule has 0 atom stereocenters. The third-order valence-corrected chi connectivity index (χ3v) is 4.15. The summed E-state index contributed by atoms with van der Waals surface area (Å²) in [6.45, 7) is 3.34. The van der Waals surface area contributed by atoms with Crippen molar-refractivity contribution in [1.82, 2.24) is 0 Å². The summed E-state index contributed by atoms with van der Waals surface area (Å²) in [6.07, 6.45) is 4.25. The first kappa shape index (κ1) is 13.8. The molecule has 0 saturated heterocycles. The molecular formula is C16H20O3. The Morgan fingerprint density at radius 3 is 2.11 bits per heavy atom. The average molecular weight is 260 g/mol. The van der Waals surface area contributed by atoms with Gasteiger partial charge in [-0.15, -0.1) is 0 Å². The van der Waals surface area contributed by atoms with Crippen LogP contribution in [0.15, 0.2) is 24.3 Å². The molecule has 1 aromatic rings. The second kappa shape index (κ2) is 5.16. The second-order valence-corrected chi connectivity index (χ2v) is 5.85. The summed E-state index contributed by atoms with van der Waals surface area (Å²) in [5.41, 5.74) is 0.509. The van der Waals surface area contributed by atoms with E-state index in [-0.39, 0.29) is 11.7 Å². The lowest BCUT2D eigenvalue weighted by molar-refractivity contribution is -0.142. The topological polar surface area (TPSA) is 54.4 Å². The standard InChI is InChI=1S/C16H20O3/c1-16(2,15(18)19)13-9-7-12(8-10-13)14(17)11-5-3-4-6-11/h7-11H,3-6H2,1-2H3,(H,18,19). The SMILES string of the molecule is CC(C)(C(=O)O)c1ccc(C(=O)C2CCCC2)cc1. The lowest BCUT2D eigenvalue weighted by Crippen LogP contribution is -2.28. The van der Waals surface area contributed by atoms with Gasteiger partial charge in [-0.1, -0.05) is 37.1 Å². The molecule has 1 aromatic carbocycles. The Labute approximate surface area is 113 Å². The van der Waals surface area contributed by atoms with Crippen LogP contribution >= 0.6 is 0 Å². The Balaban J connectivity index is 2.18. The third-order valence-electron chi connectivity index (χ3n) is 4.15. The van der Waals surface area contributed by atoms with Gasteiger partial charge in [-0.3, -0.25) is 9.59 Å². The summed E-state index contributed by atoms with van der Waals surface area (Å²) in [7, 11) is 0. The summed E-state index contributed by atoms with van der Waals surface area (Å²) >= 11 is 0. The van der Waals surface area contributed by atoms with Crippen LogP contribution in [0.3, 0.4) is 0 Å². The fourth-order valence-electron chi connectivity index (χ4n) is 2.60. The molecule has 19 heavy (non-hydrogen) atoms. The van der Waals surface area contributed by atoms with Crippen molar-refractivity contribution < 1.29 is 14.7 Å². The number of hydrogen-bond donors (Lipinski definition) is 1. The summed E-state index contributed by atoms with van der Waals surface area (Å²) in [5, 5.41) is 9.18. The fourth-order valence-corrected chi connectivity index (χ4v) is 2.60. The van der Waals surface area contributed by atoms with E-state index in [0.717, 1.165) is 31.2 Å². The maximum absolute atomic E-state index is 12.2. The Bertz CT molecular complexity index is 479. The predicted molar refractivity (Wildman–Crippen MR) is 73.4 cm³/mol. The van der Waals surface area contributed by atoms with E-state index in [4.69, 9.17) is 0 Å². The van der Waals surface area contributed by atoms with Crippen molar-refractivity contribution in [2.24, 2.45) is 5.92 Å². The van der Waals surface area contributed by atoms with Gasteiger partial charge in [0.05, 0.1) is 5.41 Å². The van der Waals surface area contributed by atoms with E-state index >= 15 is 0 Å². The fraction of sp³-hybridized carbons (Fsp3) is 0.500. The minimum Gasteiger partial charge on any atom is -0.481 e. The maximum Gasteiger partial charge on any atom is 0.313 e. The van der Waals surface area contributed by atoms with Crippen LogP contribution in [0.25, 0.3) is 0 Å². The highest BCUT2D eigenvalue weighted by Gasteiger charge is 2.30. The van der Waals surface area contributed by atoms with Gasteiger partial charge in [-0.2, -0.15) is 0 Å². The van der Waals surface area contributed by atoms with Crippen LogP contribution in [0.1, 0.15) is 55.5 Å². The molecule has 0 unspecified atom stereocenters. The molecule has 1 N–H and O–H groups in total. The minimum atomic E-state index is -0.922. The molecule has 0 aliphatic heterocycles. The molecular weight excluding hydrogens is 240 g/mol. The van der Waals surface area contributed by atoms with Crippen LogP contribution < -0.4 is 0 Å². The number of carboxylic acid groups (broad SMARTS) is 1. The molecule has 0 amide bonds. The Kier molecular flexibility index (Phi) is 3.74. The summed E-state index contributed by atoms with van der Waals surface area (Å²) in [6, 6.07) is 7.05. The summed E-state index contributed by atoms with van der Waals surface area (Å²) < 4.78 is 0. The molecule has 102 valence electrons. The largest absolute Gasteiger partial charge is 0.481 e. The number of aliphatic carboxylic acids is 1. The number of rotatable bonds is 4. The number of hydrogen-bond acceptors (Lipinski definition) is 2. The smallest absolute Gasteiger partial charge is 0.313 e. The zero-order chi connectivity index (χ0) is 14.0. The van der Waals surface area contributed by atoms with Gasteiger partial charge in [0.15, 0.2) is 5.78 Å². The quantitative estimate of drug-likeness (QED) is 0.844. The van der Waals surface area contributed by atoms with Gasteiger partial charge < -0.3 is 5.11 Å². The molecule has 0 heterocycles. The molecule has 2 rings (SSSR count). The summed E-state index contributed by atoms with van der Waals surface area (Å²) in [5.74, 6) is -0.488. The van der Waals surface area contributed by atoms with Crippen molar-refractivity contribution in [3.63, 3.8) is 0 Å². The minimum absolute atomic E-state index is 0.165. The molecule has 1 aliphatic rings. The number of ketones is 1. The monoisotopic (exact) mass is 260 g/mol. The van der Waals surface area contributed by atoms with Gasteiger partial charge in [0.1, 0.15) is 0 Å². The van der Waals surface area contributed by atoms with E-state index < -0.39 is 11.4 Å². The highest BCUT2D eigenvalue weighted by molar-refractivity contribution is 5.98. The molecule has 3 heteroatoms. The number of carbonyl (C=O) groups is 2. The van der Waals surface area contributed by atoms with E-state index in [1.165, 1.54) is 0 Å². The van der Waals surface area contributed by atoms with Crippen LogP contribution in [0.5, 0.6) is 0 Å². The van der Waals surface area contributed by atoms with Gasteiger partial charge in [0.25, 0.3) is 0 Å². The zero-order valence-electron chi connectivity index (χ0n) is 11.5. The summed E-state index contributed by atoms with van der Waals surface area (Å²) in [4.78, 5) is 23.4. The highest BCUT2D eigenvalue weighted by Crippen LogP contribution is 2.29. The lowest BCUT2D eigenvalue weighted by atomic mass is 9.84. The van der Waals surface area contributed by atoms with E-state index in [9.17, 15) is 14.7 Å². The van der Waals surface area contributed by atoms with Gasteiger partial charge in [0, 0.05) is 11.5 Å². The molecule has 1 aliphatic carbocycles. The number of carboxylic acids is 1. The van der Waals surface area contributed by atoms with E-state index in [0.29, 0.717) is 5.56 Å². The average Bonchev–Trinajstić information content (AvgIpc) is 2.91.